The molecule has 0 saturated carbocycles. The molecule has 0 aliphatic carbocycles. The zero-order valence-corrected chi connectivity index (χ0v) is 14.1. The van der Waals surface area contributed by atoms with E-state index in [9.17, 15) is 35.6 Å². The zero-order valence-electron chi connectivity index (χ0n) is 13.2. The highest BCUT2D eigenvalue weighted by molar-refractivity contribution is 7.92. The Balaban J connectivity index is 2.29. The lowest BCUT2D eigenvalue weighted by Crippen LogP contribution is -2.34. The molecule has 0 bridgehead atoms. The molecule has 0 aromatic heterocycles. The fourth-order valence-corrected chi connectivity index (χ4v) is 3.23. The maximum absolute atomic E-state index is 13.6. The Morgan fingerprint density at radius 1 is 1.27 bits per heavy atom. The molecule has 0 spiro atoms. The normalized spacial score (nSPS) is 20.9. The van der Waals surface area contributed by atoms with Gasteiger partial charge in [0, 0.05) is 18.7 Å². The SMILES string of the molecule is CS(=O)(=O)Nc1cc(C(=O)N2C[C@@H](C(F)(F)F)[C@H](C(=O)O)C2)ccc1F. The summed E-state index contributed by atoms with van der Waals surface area (Å²) in [4.78, 5) is 24.1. The van der Waals surface area contributed by atoms with Crippen molar-refractivity contribution >= 4 is 27.6 Å². The fraction of sp³-hybridized carbons (Fsp3) is 0.429. The minimum atomic E-state index is -4.80. The van der Waals surface area contributed by atoms with Gasteiger partial charge < -0.3 is 10.0 Å². The average Bonchev–Trinajstić information content (AvgIpc) is 2.93. The van der Waals surface area contributed by atoms with Gasteiger partial charge in [-0.2, -0.15) is 13.2 Å². The van der Waals surface area contributed by atoms with Gasteiger partial charge in [-0.15, -0.1) is 0 Å². The van der Waals surface area contributed by atoms with Crippen molar-refractivity contribution in [3.05, 3.63) is 29.6 Å². The number of amides is 1. The number of rotatable bonds is 4. The van der Waals surface area contributed by atoms with E-state index in [1.54, 1.807) is 0 Å². The number of aliphatic carboxylic acids is 1. The van der Waals surface area contributed by atoms with Crippen LogP contribution in [0.3, 0.4) is 0 Å². The van der Waals surface area contributed by atoms with E-state index >= 15 is 0 Å². The minimum absolute atomic E-state index is 0.274. The van der Waals surface area contributed by atoms with Crippen LogP contribution in [0.15, 0.2) is 18.2 Å². The first-order chi connectivity index (χ1) is 11.8. The monoisotopic (exact) mass is 398 g/mol. The second-order valence-electron chi connectivity index (χ2n) is 5.87. The number of carboxylic acids is 1. The topological polar surface area (TPSA) is 104 Å². The average molecular weight is 398 g/mol. The number of likely N-dealkylation sites (tertiary alicyclic amines) is 1. The van der Waals surface area contributed by atoms with E-state index in [0.29, 0.717) is 4.90 Å². The Morgan fingerprint density at radius 3 is 2.35 bits per heavy atom. The molecule has 1 aliphatic rings. The first-order valence-corrected chi connectivity index (χ1v) is 9.05. The summed E-state index contributed by atoms with van der Waals surface area (Å²) in [5.41, 5.74) is -0.816. The third kappa shape index (κ3) is 4.42. The molecule has 1 aromatic carbocycles. The number of hydrogen-bond donors (Lipinski definition) is 2. The molecule has 144 valence electrons. The number of anilines is 1. The lowest BCUT2D eigenvalue weighted by molar-refractivity contribution is -0.187. The Morgan fingerprint density at radius 2 is 1.88 bits per heavy atom. The van der Waals surface area contributed by atoms with Crippen LogP contribution in [0.5, 0.6) is 0 Å². The molecular formula is C14H14F4N2O5S. The second-order valence-corrected chi connectivity index (χ2v) is 7.62. The van der Waals surface area contributed by atoms with Crippen molar-refractivity contribution in [3.8, 4) is 0 Å². The van der Waals surface area contributed by atoms with Gasteiger partial charge >= 0.3 is 12.1 Å². The lowest BCUT2D eigenvalue weighted by Gasteiger charge is -2.18. The molecular weight excluding hydrogens is 384 g/mol. The van der Waals surface area contributed by atoms with Crippen molar-refractivity contribution in [2.75, 3.05) is 24.1 Å². The van der Waals surface area contributed by atoms with Crippen LogP contribution in [0.25, 0.3) is 0 Å². The van der Waals surface area contributed by atoms with Crippen LogP contribution in [0.1, 0.15) is 10.4 Å². The van der Waals surface area contributed by atoms with Gasteiger partial charge in [0.1, 0.15) is 5.82 Å². The molecule has 1 fully saturated rings. The Hall–Kier alpha value is -2.37. The summed E-state index contributed by atoms with van der Waals surface area (Å²) in [6.45, 7) is -1.52. The predicted molar refractivity (Wildman–Crippen MR) is 81.4 cm³/mol. The van der Waals surface area contributed by atoms with E-state index in [-0.39, 0.29) is 5.56 Å². The minimum Gasteiger partial charge on any atom is -0.481 e. The van der Waals surface area contributed by atoms with Crippen LogP contribution in [-0.2, 0) is 14.8 Å². The number of nitrogens with zero attached hydrogens (tertiary/aromatic N) is 1. The van der Waals surface area contributed by atoms with Crippen LogP contribution < -0.4 is 4.72 Å². The first kappa shape index (κ1) is 19.9. The second kappa shape index (κ2) is 6.74. The number of benzene rings is 1. The summed E-state index contributed by atoms with van der Waals surface area (Å²) in [7, 11) is -3.85. The number of hydrogen-bond acceptors (Lipinski definition) is 4. The van der Waals surface area contributed by atoms with Gasteiger partial charge in [0.05, 0.1) is 23.8 Å². The third-order valence-electron chi connectivity index (χ3n) is 3.85. The van der Waals surface area contributed by atoms with Crippen molar-refractivity contribution in [2.24, 2.45) is 11.8 Å². The van der Waals surface area contributed by atoms with E-state index in [1.807, 2.05) is 4.72 Å². The van der Waals surface area contributed by atoms with Gasteiger partial charge in [0.15, 0.2) is 0 Å². The van der Waals surface area contributed by atoms with Crippen LogP contribution in [0.2, 0.25) is 0 Å². The molecule has 1 amide bonds. The standard InChI is InChI=1S/C14H14F4N2O5S/c1-26(24,25)19-11-4-7(2-3-10(11)15)12(21)20-5-8(13(22)23)9(6-20)14(16,17)18/h2-4,8-9,19H,5-6H2,1H3,(H,22,23)/t8-,9-/m1/s1. The number of nitrogens with one attached hydrogen (secondary N) is 1. The van der Waals surface area contributed by atoms with Crippen molar-refractivity contribution in [2.45, 2.75) is 6.18 Å². The smallest absolute Gasteiger partial charge is 0.394 e. The van der Waals surface area contributed by atoms with E-state index < -0.39 is 64.5 Å². The summed E-state index contributed by atoms with van der Waals surface area (Å²) in [5.74, 6) is -7.66. The largest absolute Gasteiger partial charge is 0.481 e. The molecule has 2 atom stereocenters. The summed E-state index contributed by atoms with van der Waals surface area (Å²) in [6.07, 6.45) is -4.04. The third-order valence-corrected chi connectivity index (χ3v) is 4.44. The first-order valence-electron chi connectivity index (χ1n) is 7.15. The molecule has 0 unspecified atom stereocenters. The zero-order chi connectivity index (χ0) is 19.9. The number of carbonyl (C=O) groups is 2. The fourth-order valence-electron chi connectivity index (χ4n) is 2.67. The van der Waals surface area contributed by atoms with Crippen LogP contribution in [0.4, 0.5) is 23.2 Å². The molecule has 1 saturated heterocycles. The van der Waals surface area contributed by atoms with Crippen molar-refractivity contribution in [1.82, 2.24) is 4.90 Å². The van der Waals surface area contributed by atoms with Gasteiger partial charge in [-0.25, -0.2) is 12.8 Å². The van der Waals surface area contributed by atoms with Crippen LogP contribution in [0, 0.1) is 17.7 Å². The molecule has 1 aromatic rings. The Labute approximate surface area is 145 Å². The van der Waals surface area contributed by atoms with Crippen molar-refractivity contribution in [3.63, 3.8) is 0 Å². The number of halogens is 4. The highest BCUT2D eigenvalue weighted by Gasteiger charge is 2.53. The highest BCUT2D eigenvalue weighted by atomic mass is 32.2. The quantitative estimate of drug-likeness (QED) is 0.749. The van der Waals surface area contributed by atoms with E-state index in [0.717, 1.165) is 24.5 Å². The Kier molecular flexibility index (Phi) is 5.17. The van der Waals surface area contributed by atoms with E-state index in [2.05, 4.69) is 0 Å². The van der Waals surface area contributed by atoms with E-state index in [4.69, 9.17) is 5.11 Å². The maximum Gasteiger partial charge on any atom is 0.394 e. The van der Waals surface area contributed by atoms with Gasteiger partial charge in [-0.1, -0.05) is 0 Å². The summed E-state index contributed by atoms with van der Waals surface area (Å²) in [6, 6.07) is 2.60. The summed E-state index contributed by atoms with van der Waals surface area (Å²) >= 11 is 0. The maximum atomic E-state index is 13.6. The number of carboxylic acid groups (broad SMARTS) is 1. The van der Waals surface area contributed by atoms with Gasteiger partial charge in [0.25, 0.3) is 5.91 Å². The van der Waals surface area contributed by atoms with Crippen LogP contribution >= 0.6 is 0 Å². The molecule has 7 nitrogen and oxygen atoms in total. The van der Waals surface area contributed by atoms with E-state index in [1.165, 1.54) is 0 Å². The predicted octanol–water partition coefficient (Wildman–Crippen LogP) is 1.53. The van der Waals surface area contributed by atoms with Gasteiger partial charge in [-0.05, 0) is 18.2 Å². The Bertz CT molecular complexity index is 840. The highest BCUT2D eigenvalue weighted by Crippen LogP contribution is 2.38. The molecule has 2 N–H and O–H groups in total. The molecule has 1 heterocycles. The lowest BCUT2D eigenvalue weighted by atomic mass is 9.96. The molecule has 1 aliphatic heterocycles. The molecule has 12 heteroatoms. The molecule has 0 radical (unpaired) electrons. The summed E-state index contributed by atoms with van der Waals surface area (Å²) in [5, 5.41) is 8.96. The van der Waals surface area contributed by atoms with Crippen molar-refractivity contribution in [1.29, 1.82) is 0 Å². The van der Waals surface area contributed by atoms with Crippen LogP contribution in [-0.4, -0.2) is 55.8 Å². The number of alkyl halides is 3. The summed E-state index contributed by atoms with van der Waals surface area (Å²) < 4.78 is 76.8. The molecule has 2 rings (SSSR count). The van der Waals surface area contributed by atoms with Gasteiger partial charge in [0.2, 0.25) is 10.0 Å². The number of carbonyl (C=O) groups excluding carboxylic acids is 1. The number of sulfonamides is 1. The molecule has 26 heavy (non-hydrogen) atoms. The van der Waals surface area contributed by atoms with Crippen molar-refractivity contribution < 1.29 is 40.7 Å². The van der Waals surface area contributed by atoms with Gasteiger partial charge in [-0.3, -0.25) is 14.3 Å².